The number of alkyl halides is 1. The van der Waals surface area contributed by atoms with E-state index in [1.165, 1.54) is 70.6 Å². The van der Waals surface area contributed by atoms with Gasteiger partial charge in [-0.25, -0.2) is 0 Å². The van der Waals surface area contributed by atoms with E-state index in [0.29, 0.717) is 13.0 Å². The number of hydrogen-bond acceptors (Lipinski definition) is 4. The highest BCUT2D eigenvalue weighted by Crippen LogP contribution is 2.32. The SMILES string of the molecule is CCCCCCCCCCCCCCCOC(=O)C1CCCCC1C(=O)OCCCl. The number of carbonyl (C=O) groups is 2. The summed E-state index contributed by atoms with van der Waals surface area (Å²) in [5.74, 6) is -0.934. The summed E-state index contributed by atoms with van der Waals surface area (Å²) in [5.41, 5.74) is 0. The standard InChI is InChI=1S/C25H45ClO4/c1-2-3-4-5-6-7-8-9-10-11-12-13-16-20-29-24(27)22-17-14-15-18-23(22)25(28)30-21-19-26/h22-23H,2-21H2,1H3. The first-order chi connectivity index (χ1) is 14.7. The minimum atomic E-state index is -0.360. The lowest BCUT2D eigenvalue weighted by atomic mass is 9.79. The Bertz CT molecular complexity index is 441. The molecule has 1 aliphatic carbocycles. The van der Waals surface area contributed by atoms with Crippen LogP contribution in [0.4, 0.5) is 0 Å². The molecule has 4 nitrogen and oxygen atoms in total. The van der Waals surface area contributed by atoms with Crippen LogP contribution < -0.4 is 0 Å². The molecule has 1 fully saturated rings. The molecule has 0 aliphatic heterocycles. The third-order valence-corrected chi connectivity index (χ3v) is 6.34. The van der Waals surface area contributed by atoms with E-state index in [9.17, 15) is 9.59 Å². The number of esters is 2. The second kappa shape index (κ2) is 19.0. The summed E-state index contributed by atoms with van der Waals surface area (Å²) in [7, 11) is 0. The van der Waals surface area contributed by atoms with Crippen molar-refractivity contribution in [1.82, 2.24) is 0 Å². The summed E-state index contributed by atoms with van der Waals surface area (Å²) in [4.78, 5) is 24.6. The third kappa shape index (κ3) is 12.8. The molecule has 1 rings (SSSR count). The summed E-state index contributed by atoms with van der Waals surface area (Å²) < 4.78 is 10.7. The number of carbonyl (C=O) groups excluding carboxylic acids is 2. The summed E-state index contributed by atoms with van der Waals surface area (Å²) in [5, 5.41) is 0. The smallest absolute Gasteiger partial charge is 0.309 e. The minimum Gasteiger partial charge on any atom is -0.465 e. The van der Waals surface area contributed by atoms with Crippen molar-refractivity contribution < 1.29 is 19.1 Å². The van der Waals surface area contributed by atoms with Gasteiger partial charge in [-0.1, -0.05) is 96.8 Å². The zero-order valence-electron chi connectivity index (χ0n) is 19.3. The number of unbranched alkanes of at least 4 members (excludes halogenated alkanes) is 12. The van der Waals surface area contributed by atoms with Crippen LogP contribution in [-0.4, -0.2) is 31.0 Å². The van der Waals surface area contributed by atoms with Gasteiger partial charge in [0.1, 0.15) is 6.61 Å². The van der Waals surface area contributed by atoms with Crippen LogP contribution in [-0.2, 0) is 19.1 Å². The van der Waals surface area contributed by atoms with Crippen LogP contribution in [0.3, 0.4) is 0 Å². The highest BCUT2D eigenvalue weighted by atomic mass is 35.5. The van der Waals surface area contributed by atoms with Crippen molar-refractivity contribution in [3.8, 4) is 0 Å². The van der Waals surface area contributed by atoms with Crippen molar-refractivity contribution in [2.45, 2.75) is 116 Å². The van der Waals surface area contributed by atoms with E-state index in [-0.39, 0.29) is 36.3 Å². The Labute approximate surface area is 189 Å². The Morgan fingerprint density at radius 2 is 1.07 bits per heavy atom. The lowest BCUT2D eigenvalue weighted by Gasteiger charge is -2.28. The van der Waals surface area contributed by atoms with Crippen molar-refractivity contribution in [2.75, 3.05) is 19.1 Å². The molecule has 0 bridgehead atoms. The average molecular weight is 445 g/mol. The molecule has 1 aliphatic rings. The van der Waals surface area contributed by atoms with Gasteiger partial charge in [-0.15, -0.1) is 11.6 Å². The van der Waals surface area contributed by atoms with Gasteiger partial charge in [-0.05, 0) is 19.3 Å². The molecule has 2 atom stereocenters. The van der Waals surface area contributed by atoms with Gasteiger partial charge >= 0.3 is 11.9 Å². The molecule has 0 heterocycles. The van der Waals surface area contributed by atoms with E-state index < -0.39 is 0 Å². The normalized spacial score (nSPS) is 18.9. The monoisotopic (exact) mass is 444 g/mol. The maximum absolute atomic E-state index is 12.4. The molecule has 0 spiro atoms. The zero-order valence-corrected chi connectivity index (χ0v) is 20.1. The number of ether oxygens (including phenoxy) is 2. The first-order valence-electron chi connectivity index (χ1n) is 12.6. The van der Waals surface area contributed by atoms with Gasteiger partial charge in [0.2, 0.25) is 0 Å². The van der Waals surface area contributed by atoms with Crippen molar-refractivity contribution in [2.24, 2.45) is 11.8 Å². The third-order valence-electron chi connectivity index (χ3n) is 6.19. The molecule has 5 heteroatoms. The molecule has 0 N–H and O–H groups in total. The predicted octanol–water partition coefficient (Wildman–Crippen LogP) is 7.21. The molecule has 2 unspecified atom stereocenters. The van der Waals surface area contributed by atoms with Gasteiger partial charge in [0.25, 0.3) is 0 Å². The Balaban J connectivity index is 2.01. The highest BCUT2D eigenvalue weighted by Gasteiger charge is 2.37. The van der Waals surface area contributed by atoms with Crippen LogP contribution in [0.1, 0.15) is 116 Å². The van der Waals surface area contributed by atoms with Crippen LogP contribution in [0.15, 0.2) is 0 Å². The molecule has 0 aromatic carbocycles. The predicted molar refractivity (Wildman–Crippen MR) is 124 cm³/mol. The summed E-state index contributed by atoms with van der Waals surface area (Å²) in [6.45, 7) is 2.94. The topological polar surface area (TPSA) is 52.6 Å². The van der Waals surface area contributed by atoms with Gasteiger partial charge < -0.3 is 9.47 Å². The lowest BCUT2D eigenvalue weighted by molar-refractivity contribution is -0.162. The van der Waals surface area contributed by atoms with E-state index in [1.807, 2.05) is 0 Å². The fourth-order valence-electron chi connectivity index (χ4n) is 4.34. The number of halogens is 1. The minimum absolute atomic E-state index is 0.206. The molecule has 1 saturated carbocycles. The highest BCUT2D eigenvalue weighted by molar-refractivity contribution is 6.18. The summed E-state index contributed by atoms with van der Waals surface area (Å²) in [6.07, 6.45) is 20.2. The molecular weight excluding hydrogens is 400 g/mol. The van der Waals surface area contributed by atoms with Gasteiger partial charge in [-0.3, -0.25) is 9.59 Å². The van der Waals surface area contributed by atoms with Crippen molar-refractivity contribution in [1.29, 1.82) is 0 Å². The van der Waals surface area contributed by atoms with Gasteiger partial charge in [0.15, 0.2) is 0 Å². The number of rotatable bonds is 18. The maximum atomic E-state index is 12.4. The molecule has 0 radical (unpaired) electrons. The van der Waals surface area contributed by atoms with Crippen LogP contribution >= 0.6 is 11.6 Å². The summed E-state index contributed by atoms with van der Waals surface area (Å²) >= 11 is 5.59. The molecular formula is C25H45ClO4. The quantitative estimate of drug-likeness (QED) is 0.127. The first-order valence-corrected chi connectivity index (χ1v) is 13.1. The molecule has 176 valence electrons. The molecule has 0 amide bonds. The molecule has 0 aromatic heterocycles. The van der Waals surface area contributed by atoms with Gasteiger partial charge in [0, 0.05) is 0 Å². The van der Waals surface area contributed by atoms with Crippen LogP contribution in [0.2, 0.25) is 0 Å². The van der Waals surface area contributed by atoms with Gasteiger partial charge in [-0.2, -0.15) is 0 Å². The largest absolute Gasteiger partial charge is 0.465 e. The van der Waals surface area contributed by atoms with E-state index in [4.69, 9.17) is 21.1 Å². The van der Waals surface area contributed by atoms with Crippen molar-refractivity contribution in [3.63, 3.8) is 0 Å². The van der Waals surface area contributed by atoms with Crippen LogP contribution in [0.25, 0.3) is 0 Å². The van der Waals surface area contributed by atoms with Crippen molar-refractivity contribution in [3.05, 3.63) is 0 Å². The molecule has 30 heavy (non-hydrogen) atoms. The Hall–Kier alpha value is -0.770. The van der Waals surface area contributed by atoms with Gasteiger partial charge in [0.05, 0.1) is 24.3 Å². The van der Waals surface area contributed by atoms with E-state index in [2.05, 4.69) is 6.92 Å². The van der Waals surface area contributed by atoms with Crippen LogP contribution in [0, 0.1) is 11.8 Å². The fourth-order valence-corrected chi connectivity index (χ4v) is 4.42. The molecule has 0 aromatic rings. The van der Waals surface area contributed by atoms with Crippen LogP contribution in [0.5, 0.6) is 0 Å². The zero-order chi connectivity index (χ0) is 21.9. The van der Waals surface area contributed by atoms with E-state index in [1.54, 1.807) is 0 Å². The average Bonchev–Trinajstić information content (AvgIpc) is 2.77. The second-order valence-electron chi connectivity index (χ2n) is 8.76. The molecule has 0 saturated heterocycles. The van der Waals surface area contributed by atoms with E-state index in [0.717, 1.165) is 32.1 Å². The lowest BCUT2D eigenvalue weighted by Crippen LogP contribution is -2.35. The fraction of sp³-hybridized carbons (Fsp3) is 0.920. The number of hydrogen-bond donors (Lipinski definition) is 0. The Morgan fingerprint density at radius 3 is 1.50 bits per heavy atom. The maximum Gasteiger partial charge on any atom is 0.309 e. The second-order valence-corrected chi connectivity index (χ2v) is 9.14. The first kappa shape index (κ1) is 27.3. The van der Waals surface area contributed by atoms with Crippen molar-refractivity contribution >= 4 is 23.5 Å². The summed E-state index contributed by atoms with van der Waals surface area (Å²) in [6, 6.07) is 0. The van der Waals surface area contributed by atoms with E-state index >= 15 is 0 Å². The Morgan fingerprint density at radius 1 is 0.667 bits per heavy atom. The Kier molecular flexibility index (Phi) is 17.2.